The zero-order chi connectivity index (χ0) is 17.3. The Morgan fingerprint density at radius 2 is 1.91 bits per heavy atom. The van der Waals surface area contributed by atoms with Crippen LogP contribution in [0, 0.1) is 5.41 Å². The smallest absolute Gasteiger partial charge is 0.335 e. The molecule has 1 saturated carbocycles. The second-order valence-electron chi connectivity index (χ2n) is 7.83. The summed E-state index contributed by atoms with van der Waals surface area (Å²) in [6.45, 7) is 8.13. The highest BCUT2D eigenvalue weighted by Gasteiger charge is 2.38. The Hall–Kier alpha value is -1.04. The van der Waals surface area contributed by atoms with Gasteiger partial charge in [-0.1, -0.05) is 19.1 Å². The molecule has 23 heavy (non-hydrogen) atoms. The van der Waals surface area contributed by atoms with Gasteiger partial charge in [-0.2, -0.15) is 0 Å². The van der Waals surface area contributed by atoms with Gasteiger partial charge in [0.05, 0.1) is 11.6 Å². The van der Waals surface area contributed by atoms with Crippen LogP contribution in [0.1, 0.15) is 75.3 Å². The van der Waals surface area contributed by atoms with E-state index >= 15 is 0 Å². The van der Waals surface area contributed by atoms with E-state index in [1.807, 2.05) is 32.9 Å². The number of benzene rings is 1. The quantitative estimate of drug-likeness (QED) is 0.736. The van der Waals surface area contributed by atoms with Crippen LogP contribution in [0.15, 0.2) is 24.3 Å². The molecule has 4 nitrogen and oxygen atoms in total. The number of carboxylic acid groups (broad SMARTS) is 1. The summed E-state index contributed by atoms with van der Waals surface area (Å²) in [6.07, 6.45) is 4.53. The number of carboxylic acids is 1. The molecule has 0 heterocycles. The van der Waals surface area contributed by atoms with E-state index in [4.69, 9.17) is 5.11 Å². The molecule has 128 valence electrons. The lowest BCUT2D eigenvalue weighted by atomic mass is 9.95. The summed E-state index contributed by atoms with van der Waals surface area (Å²) in [7, 11) is 0. The standard InChI is InChI=1S/C18H27NO3S/c1-17(2,3)23(22)19-15(9-10-18(4)11-12-18)13-5-7-14(8-6-13)16(20)21/h5-8,15,19H,9-12H2,1-4H3,(H,20,21)/t15-,23?/m1/s1. The van der Waals surface area contributed by atoms with Crippen molar-refractivity contribution in [1.29, 1.82) is 0 Å². The first-order valence-electron chi connectivity index (χ1n) is 8.12. The average molecular weight is 337 g/mol. The van der Waals surface area contributed by atoms with Crippen LogP contribution in [0.25, 0.3) is 0 Å². The number of aromatic carboxylic acids is 1. The molecule has 0 bridgehead atoms. The first-order chi connectivity index (χ1) is 10.6. The highest BCUT2D eigenvalue weighted by atomic mass is 32.2. The molecule has 0 spiro atoms. The summed E-state index contributed by atoms with van der Waals surface area (Å²) in [6, 6.07) is 6.87. The molecule has 2 N–H and O–H groups in total. The number of nitrogens with one attached hydrogen (secondary N) is 1. The fourth-order valence-corrected chi connectivity index (χ4v) is 3.28. The molecule has 1 aliphatic rings. The Bertz CT molecular complexity index is 546. The number of hydrogen-bond donors (Lipinski definition) is 2. The maximum absolute atomic E-state index is 12.5. The minimum Gasteiger partial charge on any atom is -0.598 e. The molecule has 1 aromatic carbocycles. The topological polar surface area (TPSA) is 72.4 Å². The molecular weight excluding hydrogens is 310 g/mol. The summed E-state index contributed by atoms with van der Waals surface area (Å²) in [5.74, 6) is -0.926. The first kappa shape index (κ1) is 18.3. The molecule has 1 unspecified atom stereocenters. The van der Waals surface area contributed by atoms with Crippen LogP contribution in [0.3, 0.4) is 0 Å². The van der Waals surface area contributed by atoms with Crippen LogP contribution >= 0.6 is 0 Å². The van der Waals surface area contributed by atoms with E-state index in [1.54, 1.807) is 12.1 Å². The zero-order valence-corrected chi connectivity index (χ0v) is 15.2. The van der Waals surface area contributed by atoms with E-state index in [9.17, 15) is 9.35 Å². The monoisotopic (exact) mass is 337 g/mol. The van der Waals surface area contributed by atoms with Crippen molar-refractivity contribution < 1.29 is 14.5 Å². The van der Waals surface area contributed by atoms with Crippen molar-refractivity contribution in [3.05, 3.63) is 35.4 Å². The van der Waals surface area contributed by atoms with Gasteiger partial charge in [-0.15, -0.1) is 4.72 Å². The first-order valence-corrected chi connectivity index (χ1v) is 9.27. The molecule has 0 amide bonds. The van der Waals surface area contributed by atoms with Crippen molar-refractivity contribution in [2.24, 2.45) is 5.41 Å². The summed E-state index contributed by atoms with van der Waals surface area (Å²) in [5, 5.41) is 9.02. The molecule has 0 aliphatic heterocycles. The Morgan fingerprint density at radius 3 is 2.35 bits per heavy atom. The van der Waals surface area contributed by atoms with Gasteiger partial charge in [0, 0.05) is 11.4 Å². The third-order valence-corrected chi connectivity index (χ3v) is 6.12. The predicted octanol–water partition coefficient (Wildman–Crippen LogP) is 4.06. The predicted molar refractivity (Wildman–Crippen MR) is 93.7 cm³/mol. The number of hydrogen-bond acceptors (Lipinski definition) is 3. The third kappa shape index (κ3) is 5.23. The largest absolute Gasteiger partial charge is 0.598 e. The molecule has 0 saturated heterocycles. The van der Waals surface area contributed by atoms with Gasteiger partial charge in [-0.05, 0) is 69.6 Å². The van der Waals surface area contributed by atoms with Crippen molar-refractivity contribution in [2.45, 2.75) is 64.2 Å². The van der Waals surface area contributed by atoms with Crippen LogP contribution in [0.5, 0.6) is 0 Å². The van der Waals surface area contributed by atoms with Crippen molar-refractivity contribution in [3.63, 3.8) is 0 Å². The lowest BCUT2D eigenvalue weighted by Crippen LogP contribution is -2.41. The van der Waals surface area contributed by atoms with Crippen molar-refractivity contribution in [3.8, 4) is 0 Å². The number of carbonyl (C=O) groups is 1. The Labute approximate surface area is 142 Å². The van der Waals surface area contributed by atoms with Crippen LogP contribution in [-0.2, 0) is 11.4 Å². The fourth-order valence-electron chi connectivity index (χ4n) is 2.41. The summed E-state index contributed by atoms with van der Waals surface area (Å²) in [5.41, 5.74) is 1.71. The Balaban J connectivity index is 2.12. The zero-order valence-electron chi connectivity index (χ0n) is 14.4. The molecule has 2 rings (SSSR count). The lowest BCUT2D eigenvalue weighted by molar-refractivity contribution is 0.0697. The molecule has 5 heteroatoms. The molecule has 1 aromatic rings. The molecule has 1 aliphatic carbocycles. The maximum Gasteiger partial charge on any atom is 0.335 e. The third-order valence-electron chi connectivity index (χ3n) is 4.51. The Morgan fingerprint density at radius 1 is 1.35 bits per heavy atom. The van der Waals surface area contributed by atoms with Crippen LogP contribution < -0.4 is 4.72 Å². The Kier molecular flexibility index (Phi) is 5.44. The van der Waals surface area contributed by atoms with Crippen LogP contribution in [-0.4, -0.2) is 20.4 Å². The summed E-state index contributed by atoms with van der Waals surface area (Å²) in [4.78, 5) is 11.0. The second kappa shape index (κ2) is 6.83. The van der Waals surface area contributed by atoms with Gasteiger partial charge >= 0.3 is 5.97 Å². The van der Waals surface area contributed by atoms with E-state index in [-0.39, 0.29) is 16.4 Å². The van der Waals surface area contributed by atoms with Crippen LogP contribution in [0.4, 0.5) is 0 Å². The fraction of sp³-hybridized carbons (Fsp3) is 0.611. The molecular formula is C18H27NO3S. The molecule has 1 fully saturated rings. The molecule has 0 radical (unpaired) electrons. The van der Waals surface area contributed by atoms with Gasteiger partial charge in [0.15, 0.2) is 0 Å². The van der Waals surface area contributed by atoms with E-state index in [0.29, 0.717) is 5.41 Å². The number of rotatable bonds is 7. The minimum absolute atomic E-state index is 0.0182. The summed E-state index contributed by atoms with van der Waals surface area (Å²) < 4.78 is 15.4. The van der Waals surface area contributed by atoms with E-state index in [2.05, 4.69) is 11.6 Å². The highest BCUT2D eigenvalue weighted by molar-refractivity contribution is 7.90. The van der Waals surface area contributed by atoms with Crippen molar-refractivity contribution >= 4 is 17.3 Å². The summed E-state index contributed by atoms with van der Waals surface area (Å²) >= 11 is -1.16. The molecule has 2 atom stereocenters. The van der Waals surface area contributed by atoms with Gasteiger partial charge < -0.3 is 9.66 Å². The van der Waals surface area contributed by atoms with Crippen LogP contribution in [0.2, 0.25) is 0 Å². The van der Waals surface area contributed by atoms with E-state index < -0.39 is 17.3 Å². The van der Waals surface area contributed by atoms with E-state index in [0.717, 1.165) is 18.4 Å². The maximum atomic E-state index is 12.5. The highest BCUT2D eigenvalue weighted by Crippen LogP contribution is 2.50. The minimum atomic E-state index is -1.16. The van der Waals surface area contributed by atoms with Gasteiger partial charge in [-0.25, -0.2) is 4.79 Å². The van der Waals surface area contributed by atoms with Gasteiger partial charge in [-0.3, -0.25) is 0 Å². The van der Waals surface area contributed by atoms with Gasteiger partial charge in [0.2, 0.25) is 0 Å². The second-order valence-corrected chi connectivity index (χ2v) is 9.83. The SMILES string of the molecule is CC1(CC[C@@H](N[S+]([O-])C(C)(C)C)c2ccc(C(=O)O)cc2)CC1. The van der Waals surface area contributed by atoms with Gasteiger partial charge in [0.25, 0.3) is 0 Å². The normalized spacial score (nSPS) is 19.2. The lowest BCUT2D eigenvalue weighted by Gasteiger charge is -2.28. The van der Waals surface area contributed by atoms with Crippen molar-refractivity contribution in [1.82, 2.24) is 4.72 Å². The average Bonchev–Trinajstić information content (AvgIpc) is 3.20. The van der Waals surface area contributed by atoms with Crippen molar-refractivity contribution in [2.75, 3.05) is 0 Å². The van der Waals surface area contributed by atoms with Gasteiger partial charge in [0.1, 0.15) is 4.75 Å². The molecule has 0 aromatic heterocycles. The van der Waals surface area contributed by atoms with E-state index in [1.165, 1.54) is 12.8 Å².